The van der Waals surface area contributed by atoms with Crippen LogP contribution in [0.3, 0.4) is 0 Å². The highest BCUT2D eigenvalue weighted by molar-refractivity contribution is 6.02. The Balaban J connectivity index is 0.00000192. The fourth-order valence-corrected chi connectivity index (χ4v) is 3.09. The second kappa shape index (κ2) is 7.66. The van der Waals surface area contributed by atoms with Crippen LogP contribution < -0.4 is 20.3 Å². The molecule has 0 radical (unpaired) electrons. The minimum Gasteiger partial charge on any atom is -0.495 e. The number of carbonyl (C=O) groups excluding carboxylic acids is 2. The molecule has 2 aliphatic rings. The highest BCUT2D eigenvalue weighted by atomic mass is 35.5. The molecule has 2 N–H and O–H groups in total. The van der Waals surface area contributed by atoms with E-state index in [1.165, 1.54) is 0 Å². The zero-order valence-corrected chi connectivity index (χ0v) is 13.9. The van der Waals surface area contributed by atoms with Crippen molar-refractivity contribution >= 4 is 29.9 Å². The Hall–Kier alpha value is -1.79. The molecule has 2 heterocycles. The number of rotatable bonds is 4. The topological polar surface area (TPSA) is 70.7 Å². The lowest BCUT2D eigenvalue weighted by molar-refractivity contribution is -0.127. The zero-order valence-electron chi connectivity index (χ0n) is 13.1. The summed E-state index contributed by atoms with van der Waals surface area (Å²) in [4.78, 5) is 26.4. The molecule has 0 aromatic heterocycles. The van der Waals surface area contributed by atoms with E-state index >= 15 is 0 Å². The Morgan fingerprint density at radius 3 is 2.83 bits per heavy atom. The molecule has 1 aromatic carbocycles. The number of nitrogens with one attached hydrogen (secondary N) is 2. The van der Waals surface area contributed by atoms with E-state index < -0.39 is 6.04 Å². The first-order valence-corrected chi connectivity index (χ1v) is 7.69. The maximum atomic E-state index is 12.6. The van der Waals surface area contributed by atoms with E-state index in [1.54, 1.807) is 12.0 Å². The lowest BCUT2D eigenvalue weighted by atomic mass is 10.2. The normalized spacial score (nSPS) is 23.5. The molecule has 0 aliphatic carbocycles. The molecule has 2 fully saturated rings. The summed E-state index contributed by atoms with van der Waals surface area (Å²) in [6, 6.07) is 6.83. The van der Waals surface area contributed by atoms with E-state index in [0.29, 0.717) is 18.7 Å². The van der Waals surface area contributed by atoms with Crippen LogP contribution in [0.5, 0.6) is 5.75 Å². The zero-order chi connectivity index (χ0) is 15.5. The van der Waals surface area contributed by atoms with Gasteiger partial charge in [-0.15, -0.1) is 12.4 Å². The number of amides is 2. The molecular weight excluding hydrogens is 318 g/mol. The van der Waals surface area contributed by atoms with Crippen molar-refractivity contribution in [3.8, 4) is 5.75 Å². The molecular formula is C16H22ClN3O3. The Kier molecular flexibility index (Phi) is 5.85. The first-order valence-electron chi connectivity index (χ1n) is 7.69. The van der Waals surface area contributed by atoms with Gasteiger partial charge in [-0.1, -0.05) is 12.1 Å². The first-order chi connectivity index (χ1) is 10.7. The van der Waals surface area contributed by atoms with E-state index in [0.717, 1.165) is 25.1 Å². The van der Waals surface area contributed by atoms with Gasteiger partial charge in [-0.3, -0.25) is 9.59 Å². The second-order valence-corrected chi connectivity index (χ2v) is 5.66. The van der Waals surface area contributed by atoms with E-state index in [-0.39, 0.29) is 30.3 Å². The van der Waals surface area contributed by atoms with Crippen LogP contribution in [-0.2, 0) is 9.59 Å². The molecule has 2 atom stereocenters. The minimum atomic E-state index is -0.445. The van der Waals surface area contributed by atoms with Crippen LogP contribution in [0.25, 0.3) is 0 Å². The quantitative estimate of drug-likeness (QED) is 0.861. The number of carbonyl (C=O) groups is 2. The van der Waals surface area contributed by atoms with Crippen LogP contribution in [0.4, 0.5) is 5.69 Å². The monoisotopic (exact) mass is 339 g/mol. The predicted molar refractivity (Wildman–Crippen MR) is 90.2 cm³/mol. The van der Waals surface area contributed by atoms with Crippen LogP contribution in [0, 0.1) is 0 Å². The number of nitrogens with zero attached hydrogens (tertiary/aromatic N) is 1. The lowest BCUT2D eigenvalue weighted by Crippen LogP contribution is -2.48. The minimum absolute atomic E-state index is 0. The molecule has 23 heavy (non-hydrogen) atoms. The van der Waals surface area contributed by atoms with Crippen molar-refractivity contribution in [2.24, 2.45) is 0 Å². The van der Waals surface area contributed by atoms with Crippen molar-refractivity contribution in [2.45, 2.75) is 31.3 Å². The molecule has 1 aromatic rings. The molecule has 2 unspecified atom stereocenters. The standard InChI is InChI=1S/C16H21N3O3.ClH/c1-22-14-7-3-2-6-13(14)19-10-8-12(16(19)21)18-15(20)11-5-4-9-17-11;/h2-3,6-7,11-12,17H,4-5,8-10H2,1H3,(H,18,20);1H. The fourth-order valence-electron chi connectivity index (χ4n) is 3.09. The number of anilines is 1. The maximum Gasteiger partial charge on any atom is 0.249 e. The Bertz CT molecular complexity index is 575. The number of benzene rings is 1. The Morgan fingerprint density at radius 1 is 1.35 bits per heavy atom. The SMILES string of the molecule is COc1ccccc1N1CCC(NC(=O)C2CCCN2)C1=O.Cl. The smallest absolute Gasteiger partial charge is 0.249 e. The van der Waals surface area contributed by atoms with Crippen molar-refractivity contribution < 1.29 is 14.3 Å². The van der Waals surface area contributed by atoms with E-state index in [1.807, 2.05) is 24.3 Å². The van der Waals surface area contributed by atoms with Gasteiger partial charge in [-0.25, -0.2) is 0 Å². The molecule has 126 valence electrons. The van der Waals surface area contributed by atoms with Crippen molar-refractivity contribution in [3.63, 3.8) is 0 Å². The number of methoxy groups -OCH3 is 1. The van der Waals surface area contributed by atoms with Gasteiger partial charge in [-0.2, -0.15) is 0 Å². The van der Waals surface area contributed by atoms with Gasteiger partial charge in [0.2, 0.25) is 11.8 Å². The van der Waals surface area contributed by atoms with Crippen LogP contribution >= 0.6 is 12.4 Å². The van der Waals surface area contributed by atoms with Crippen LogP contribution in [-0.4, -0.2) is 44.1 Å². The average Bonchev–Trinajstić information content (AvgIpc) is 3.18. The number of para-hydroxylation sites is 2. The summed E-state index contributed by atoms with van der Waals surface area (Å²) >= 11 is 0. The van der Waals surface area contributed by atoms with Gasteiger partial charge < -0.3 is 20.3 Å². The predicted octanol–water partition coefficient (Wildman–Crippen LogP) is 1.09. The first kappa shape index (κ1) is 17.6. The van der Waals surface area contributed by atoms with Gasteiger partial charge in [0.25, 0.3) is 0 Å². The van der Waals surface area contributed by atoms with Gasteiger partial charge in [-0.05, 0) is 37.9 Å². The van der Waals surface area contributed by atoms with Crippen LogP contribution in [0.1, 0.15) is 19.3 Å². The maximum absolute atomic E-state index is 12.6. The van der Waals surface area contributed by atoms with Crippen molar-refractivity contribution in [3.05, 3.63) is 24.3 Å². The molecule has 2 amide bonds. The van der Waals surface area contributed by atoms with Gasteiger partial charge >= 0.3 is 0 Å². The summed E-state index contributed by atoms with van der Waals surface area (Å²) in [5, 5.41) is 6.02. The van der Waals surface area contributed by atoms with Crippen molar-refractivity contribution in [1.29, 1.82) is 0 Å². The van der Waals surface area contributed by atoms with Gasteiger partial charge in [0, 0.05) is 6.54 Å². The Morgan fingerprint density at radius 2 is 2.13 bits per heavy atom. The highest BCUT2D eigenvalue weighted by Crippen LogP contribution is 2.31. The lowest BCUT2D eigenvalue weighted by Gasteiger charge is -2.20. The molecule has 0 saturated carbocycles. The second-order valence-electron chi connectivity index (χ2n) is 5.66. The van der Waals surface area contributed by atoms with Gasteiger partial charge in [0.05, 0.1) is 18.8 Å². The van der Waals surface area contributed by atoms with E-state index in [2.05, 4.69) is 10.6 Å². The summed E-state index contributed by atoms with van der Waals surface area (Å²) in [6.45, 7) is 1.45. The molecule has 2 saturated heterocycles. The van der Waals surface area contributed by atoms with Crippen molar-refractivity contribution in [1.82, 2.24) is 10.6 Å². The van der Waals surface area contributed by atoms with E-state index in [4.69, 9.17) is 4.74 Å². The van der Waals surface area contributed by atoms with E-state index in [9.17, 15) is 9.59 Å². The largest absolute Gasteiger partial charge is 0.495 e. The van der Waals surface area contributed by atoms with Gasteiger partial charge in [0.1, 0.15) is 11.8 Å². The highest BCUT2D eigenvalue weighted by Gasteiger charge is 2.36. The summed E-state index contributed by atoms with van der Waals surface area (Å²) in [6.07, 6.45) is 2.46. The van der Waals surface area contributed by atoms with Gasteiger partial charge in [0.15, 0.2) is 0 Å². The third-order valence-corrected chi connectivity index (χ3v) is 4.27. The summed E-state index contributed by atoms with van der Waals surface area (Å²) in [5.41, 5.74) is 0.755. The average molecular weight is 340 g/mol. The number of ether oxygens (including phenoxy) is 1. The number of hydrogen-bond acceptors (Lipinski definition) is 4. The molecule has 6 nitrogen and oxygen atoms in total. The molecule has 3 rings (SSSR count). The fraction of sp³-hybridized carbons (Fsp3) is 0.500. The third-order valence-electron chi connectivity index (χ3n) is 4.27. The molecule has 0 spiro atoms. The van der Waals surface area contributed by atoms with Crippen LogP contribution in [0.15, 0.2) is 24.3 Å². The summed E-state index contributed by atoms with van der Waals surface area (Å²) < 4.78 is 5.31. The molecule has 7 heteroatoms. The number of hydrogen-bond donors (Lipinski definition) is 2. The van der Waals surface area contributed by atoms with Crippen LogP contribution in [0.2, 0.25) is 0 Å². The molecule has 0 bridgehead atoms. The molecule has 2 aliphatic heterocycles. The number of halogens is 1. The van der Waals surface area contributed by atoms with Crippen molar-refractivity contribution in [2.75, 3.05) is 25.1 Å². The summed E-state index contributed by atoms with van der Waals surface area (Å²) in [7, 11) is 1.59. The summed E-state index contributed by atoms with van der Waals surface area (Å²) in [5.74, 6) is 0.522. The Labute approximate surface area is 142 Å². The third kappa shape index (κ3) is 3.59.